The van der Waals surface area contributed by atoms with Gasteiger partial charge in [-0.25, -0.2) is 0 Å². The van der Waals surface area contributed by atoms with Crippen LogP contribution in [-0.2, 0) is 4.74 Å². The number of carbonyl (C=O) groups excluding carboxylic acids is 2. The van der Waals surface area contributed by atoms with Crippen LogP contribution in [0.2, 0.25) is 0 Å². The third-order valence-corrected chi connectivity index (χ3v) is 6.75. The number of morpholine rings is 1. The zero-order chi connectivity index (χ0) is 27.2. The molecule has 0 aromatic heterocycles. The van der Waals surface area contributed by atoms with Crippen molar-refractivity contribution in [1.82, 2.24) is 0 Å². The average molecular weight is 522 g/mol. The third-order valence-electron chi connectivity index (χ3n) is 6.75. The second-order valence-corrected chi connectivity index (χ2v) is 9.40. The number of hydrogen-bond acceptors (Lipinski definition) is 5. The van der Waals surface area contributed by atoms with E-state index in [-0.39, 0.29) is 11.8 Å². The Hall–Kier alpha value is -4.62. The van der Waals surface area contributed by atoms with Crippen LogP contribution in [0.5, 0.6) is 5.75 Å². The molecule has 1 fully saturated rings. The highest BCUT2D eigenvalue weighted by Crippen LogP contribution is 2.28. The lowest BCUT2D eigenvalue weighted by atomic mass is 9.98. The summed E-state index contributed by atoms with van der Waals surface area (Å²) in [6.07, 6.45) is 0. The van der Waals surface area contributed by atoms with Crippen molar-refractivity contribution in [3.05, 3.63) is 108 Å². The van der Waals surface area contributed by atoms with E-state index in [2.05, 4.69) is 15.5 Å². The molecule has 4 aromatic carbocycles. The van der Waals surface area contributed by atoms with Gasteiger partial charge in [0, 0.05) is 41.3 Å². The van der Waals surface area contributed by atoms with Gasteiger partial charge in [0.2, 0.25) is 0 Å². The second kappa shape index (κ2) is 11.8. The Balaban J connectivity index is 1.26. The Kier molecular flexibility index (Phi) is 7.89. The smallest absolute Gasteiger partial charge is 0.255 e. The molecule has 0 unspecified atom stereocenters. The van der Waals surface area contributed by atoms with E-state index in [1.54, 1.807) is 37.4 Å². The third kappa shape index (κ3) is 6.27. The quantitative estimate of drug-likeness (QED) is 0.311. The highest BCUT2D eigenvalue weighted by atomic mass is 16.5. The van der Waals surface area contributed by atoms with Crippen LogP contribution >= 0.6 is 0 Å². The SMILES string of the molecule is COc1cccc(C(=O)Nc2ccc(-c3cccc(C(=O)Nc4ccc(N5CCOCC5)cc4)c3)c(C)c2)c1. The van der Waals surface area contributed by atoms with Gasteiger partial charge in [-0.05, 0) is 90.3 Å². The van der Waals surface area contributed by atoms with Crippen molar-refractivity contribution in [3.8, 4) is 16.9 Å². The van der Waals surface area contributed by atoms with Gasteiger partial charge in [0.1, 0.15) is 5.75 Å². The molecule has 1 saturated heterocycles. The van der Waals surface area contributed by atoms with Crippen molar-refractivity contribution in [3.63, 3.8) is 0 Å². The molecule has 0 atom stereocenters. The molecule has 39 heavy (non-hydrogen) atoms. The predicted molar refractivity (Wildman–Crippen MR) is 155 cm³/mol. The fourth-order valence-corrected chi connectivity index (χ4v) is 4.64. The largest absolute Gasteiger partial charge is 0.497 e. The zero-order valence-electron chi connectivity index (χ0n) is 22.1. The first kappa shape index (κ1) is 26.0. The topological polar surface area (TPSA) is 79.9 Å². The van der Waals surface area contributed by atoms with Crippen LogP contribution < -0.4 is 20.3 Å². The number of nitrogens with zero attached hydrogens (tertiary/aromatic N) is 1. The highest BCUT2D eigenvalue weighted by Gasteiger charge is 2.13. The summed E-state index contributed by atoms with van der Waals surface area (Å²) in [5.74, 6) is 0.247. The zero-order valence-corrected chi connectivity index (χ0v) is 22.1. The lowest BCUT2D eigenvalue weighted by Crippen LogP contribution is -2.36. The summed E-state index contributed by atoms with van der Waals surface area (Å²) in [5, 5.41) is 5.94. The first-order chi connectivity index (χ1) is 19.0. The molecule has 198 valence electrons. The number of anilines is 3. The molecule has 5 rings (SSSR count). The fourth-order valence-electron chi connectivity index (χ4n) is 4.64. The monoisotopic (exact) mass is 521 g/mol. The normalized spacial score (nSPS) is 13.0. The van der Waals surface area contributed by atoms with Crippen molar-refractivity contribution in [2.45, 2.75) is 6.92 Å². The highest BCUT2D eigenvalue weighted by molar-refractivity contribution is 6.06. The van der Waals surface area contributed by atoms with Crippen LogP contribution in [0.3, 0.4) is 0 Å². The molecule has 0 radical (unpaired) electrons. The van der Waals surface area contributed by atoms with Crippen molar-refractivity contribution in [2.75, 3.05) is 48.9 Å². The summed E-state index contributed by atoms with van der Waals surface area (Å²) >= 11 is 0. The van der Waals surface area contributed by atoms with Crippen LogP contribution in [-0.4, -0.2) is 45.2 Å². The van der Waals surface area contributed by atoms with Gasteiger partial charge in [0.15, 0.2) is 0 Å². The van der Waals surface area contributed by atoms with Crippen molar-refractivity contribution < 1.29 is 19.1 Å². The number of rotatable bonds is 7. The molecule has 0 saturated carbocycles. The molecule has 1 heterocycles. The molecule has 2 N–H and O–H groups in total. The summed E-state index contributed by atoms with van der Waals surface area (Å²) in [7, 11) is 1.57. The minimum Gasteiger partial charge on any atom is -0.497 e. The molecule has 0 bridgehead atoms. The number of amides is 2. The number of methoxy groups -OCH3 is 1. The Bertz CT molecular complexity index is 1480. The minimum absolute atomic E-state index is 0.171. The maximum absolute atomic E-state index is 13.0. The number of nitrogens with one attached hydrogen (secondary N) is 2. The first-order valence-electron chi connectivity index (χ1n) is 12.9. The summed E-state index contributed by atoms with van der Waals surface area (Å²) < 4.78 is 10.6. The standard InChI is InChI=1S/C32H31N3O4/c1-22-19-27(34-32(37)25-7-4-8-29(21-25)38-2)11-14-30(22)23-5-3-6-24(20-23)31(36)33-26-9-12-28(13-10-26)35-15-17-39-18-16-35/h3-14,19-21H,15-18H2,1-2H3,(H,33,36)(H,34,37). The van der Waals surface area contributed by atoms with E-state index < -0.39 is 0 Å². The van der Waals surface area contributed by atoms with E-state index in [1.165, 1.54) is 0 Å². The number of aryl methyl sites for hydroxylation is 1. The average Bonchev–Trinajstić information content (AvgIpc) is 2.98. The van der Waals surface area contributed by atoms with Gasteiger partial charge in [-0.3, -0.25) is 9.59 Å². The number of ether oxygens (including phenoxy) is 2. The summed E-state index contributed by atoms with van der Waals surface area (Å²) in [6.45, 7) is 5.18. The van der Waals surface area contributed by atoms with Gasteiger partial charge in [-0.15, -0.1) is 0 Å². The molecular formula is C32H31N3O4. The molecule has 1 aliphatic rings. The van der Waals surface area contributed by atoms with Gasteiger partial charge in [-0.1, -0.05) is 24.3 Å². The van der Waals surface area contributed by atoms with Crippen LogP contribution in [0, 0.1) is 6.92 Å². The van der Waals surface area contributed by atoms with Gasteiger partial charge in [0.25, 0.3) is 11.8 Å². The molecule has 0 aliphatic carbocycles. The summed E-state index contributed by atoms with van der Waals surface area (Å²) in [6, 6.07) is 28.2. The van der Waals surface area contributed by atoms with Crippen LogP contribution in [0.15, 0.2) is 91.0 Å². The van der Waals surface area contributed by atoms with Gasteiger partial charge in [0.05, 0.1) is 20.3 Å². The lowest BCUT2D eigenvalue weighted by Gasteiger charge is -2.28. The maximum Gasteiger partial charge on any atom is 0.255 e. The van der Waals surface area contributed by atoms with Crippen LogP contribution in [0.25, 0.3) is 11.1 Å². The van der Waals surface area contributed by atoms with Crippen LogP contribution in [0.4, 0.5) is 17.1 Å². The molecule has 2 amide bonds. The van der Waals surface area contributed by atoms with Crippen molar-refractivity contribution in [1.29, 1.82) is 0 Å². The minimum atomic E-state index is -0.210. The number of benzene rings is 4. The molecule has 4 aromatic rings. The number of hydrogen-bond donors (Lipinski definition) is 2. The van der Waals surface area contributed by atoms with Gasteiger partial charge in [-0.2, -0.15) is 0 Å². The Morgan fingerprint density at radius 1 is 0.769 bits per heavy atom. The van der Waals surface area contributed by atoms with E-state index in [4.69, 9.17) is 9.47 Å². The fraction of sp³-hybridized carbons (Fsp3) is 0.188. The van der Waals surface area contributed by atoms with Crippen molar-refractivity contribution in [2.24, 2.45) is 0 Å². The lowest BCUT2D eigenvalue weighted by molar-refractivity contribution is 0.101. The Morgan fingerprint density at radius 3 is 2.10 bits per heavy atom. The Morgan fingerprint density at radius 2 is 1.41 bits per heavy atom. The van der Waals surface area contributed by atoms with E-state index in [0.29, 0.717) is 22.6 Å². The predicted octanol–water partition coefficient (Wildman–Crippen LogP) is 6.01. The second-order valence-electron chi connectivity index (χ2n) is 9.40. The molecular weight excluding hydrogens is 490 g/mol. The van der Waals surface area contributed by atoms with E-state index in [1.807, 2.05) is 67.6 Å². The van der Waals surface area contributed by atoms with Crippen LogP contribution in [0.1, 0.15) is 26.3 Å². The number of carbonyl (C=O) groups is 2. The summed E-state index contributed by atoms with van der Waals surface area (Å²) in [5.41, 5.74) is 6.54. The van der Waals surface area contributed by atoms with E-state index >= 15 is 0 Å². The Labute approximate surface area is 228 Å². The van der Waals surface area contributed by atoms with Gasteiger partial charge >= 0.3 is 0 Å². The van der Waals surface area contributed by atoms with E-state index in [9.17, 15) is 9.59 Å². The summed E-state index contributed by atoms with van der Waals surface area (Å²) in [4.78, 5) is 28.0. The molecule has 7 nitrogen and oxygen atoms in total. The van der Waals surface area contributed by atoms with E-state index in [0.717, 1.165) is 54.4 Å². The molecule has 0 spiro atoms. The first-order valence-corrected chi connectivity index (χ1v) is 12.9. The maximum atomic E-state index is 13.0. The van der Waals surface area contributed by atoms with Crippen molar-refractivity contribution >= 4 is 28.9 Å². The van der Waals surface area contributed by atoms with Gasteiger partial charge < -0.3 is 25.0 Å². The molecule has 1 aliphatic heterocycles. The molecule has 7 heteroatoms.